The highest BCUT2D eigenvalue weighted by molar-refractivity contribution is 5.65. The van der Waals surface area contributed by atoms with E-state index < -0.39 is 24.2 Å². The summed E-state index contributed by atoms with van der Waals surface area (Å²) in [5.41, 5.74) is -1.76. The van der Waals surface area contributed by atoms with Crippen molar-refractivity contribution in [3.8, 4) is 0 Å². The number of hydrogen-bond acceptors (Lipinski definition) is 1. The van der Waals surface area contributed by atoms with Crippen molar-refractivity contribution in [2.75, 3.05) is 13.1 Å². The van der Waals surface area contributed by atoms with Gasteiger partial charge in [0.25, 0.3) is 0 Å². The Morgan fingerprint density at radius 2 is 2.00 bits per heavy atom. The van der Waals surface area contributed by atoms with Gasteiger partial charge in [-0.25, -0.2) is 4.79 Å². The topological polar surface area (TPSA) is 40.5 Å². The number of carboxylic acid groups (broad SMARTS) is 1. The quantitative estimate of drug-likeness (QED) is 0.778. The number of hydrogen-bond donors (Lipinski definition) is 1. The van der Waals surface area contributed by atoms with Gasteiger partial charge in [-0.3, -0.25) is 0 Å². The molecule has 1 amide bonds. The van der Waals surface area contributed by atoms with E-state index in [1.54, 1.807) is 0 Å². The number of rotatable bonds is 3. The SMILES string of the molecule is CCN(CC1(C(F)(F)F)CC1)C(=O)O. The molecule has 1 rings (SSSR count). The molecule has 0 spiro atoms. The summed E-state index contributed by atoms with van der Waals surface area (Å²) in [6.07, 6.45) is -5.49. The molecule has 0 aromatic carbocycles. The lowest BCUT2D eigenvalue weighted by atomic mass is 10.1. The van der Waals surface area contributed by atoms with Crippen LogP contribution in [0, 0.1) is 5.41 Å². The Morgan fingerprint density at radius 1 is 1.50 bits per heavy atom. The maximum atomic E-state index is 12.4. The molecule has 0 saturated heterocycles. The molecule has 0 heterocycles. The summed E-state index contributed by atoms with van der Waals surface area (Å²) in [5.74, 6) is 0. The summed E-state index contributed by atoms with van der Waals surface area (Å²) in [7, 11) is 0. The average Bonchev–Trinajstić information content (AvgIpc) is 2.78. The van der Waals surface area contributed by atoms with Crippen LogP contribution in [-0.4, -0.2) is 35.4 Å². The Bertz CT molecular complexity index is 235. The first-order chi connectivity index (χ1) is 6.32. The second kappa shape index (κ2) is 3.33. The highest BCUT2D eigenvalue weighted by Gasteiger charge is 2.63. The van der Waals surface area contributed by atoms with Gasteiger partial charge in [0.2, 0.25) is 0 Å². The highest BCUT2D eigenvalue weighted by Crippen LogP contribution is 2.57. The van der Waals surface area contributed by atoms with E-state index in [-0.39, 0.29) is 19.4 Å². The van der Waals surface area contributed by atoms with Crippen LogP contribution in [0.2, 0.25) is 0 Å². The molecule has 0 unspecified atom stereocenters. The maximum Gasteiger partial charge on any atom is 0.407 e. The Morgan fingerprint density at radius 3 is 2.21 bits per heavy atom. The standard InChI is InChI=1S/C8H12F3NO2/c1-2-12(6(13)14)5-7(3-4-7)8(9,10)11/h2-5H2,1H3,(H,13,14). The predicted octanol–water partition coefficient (Wildman–Crippen LogP) is 2.33. The molecule has 0 atom stereocenters. The van der Waals surface area contributed by atoms with Crippen LogP contribution in [0.25, 0.3) is 0 Å². The number of amides is 1. The van der Waals surface area contributed by atoms with Crippen LogP contribution < -0.4 is 0 Å². The molecule has 1 aliphatic rings. The Kier molecular flexibility index (Phi) is 2.65. The van der Waals surface area contributed by atoms with Gasteiger partial charge in [0.1, 0.15) is 0 Å². The molecule has 1 saturated carbocycles. The van der Waals surface area contributed by atoms with Crippen LogP contribution >= 0.6 is 0 Å². The Balaban J connectivity index is 2.63. The summed E-state index contributed by atoms with van der Waals surface area (Å²) >= 11 is 0. The van der Waals surface area contributed by atoms with Gasteiger partial charge in [-0.2, -0.15) is 13.2 Å². The molecular weight excluding hydrogens is 199 g/mol. The fourth-order valence-corrected chi connectivity index (χ4v) is 1.36. The minimum absolute atomic E-state index is 0.0419. The summed E-state index contributed by atoms with van der Waals surface area (Å²) in [4.78, 5) is 11.3. The first-order valence-electron chi connectivity index (χ1n) is 4.37. The fourth-order valence-electron chi connectivity index (χ4n) is 1.36. The summed E-state index contributed by atoms with van der Waals surface area (Å²) in [5, 5.41) is 8.59. The molecule has 14 heavy (non-hydrogen) atoms. The van der Waals surface area contributed by atoms with Crippen molar-refractivity contribution in [2.45, 2.75) is 25.9 Å². The van der Waals surface area contributed by atoms with Crippen LogP contribution in [0.3, 0.4) is 0 Å². The molecule has 3 nitrogen and oxygen atoms in total. The number of carbonyl (C=O) groups is 1. The van der Waals surface area contributed by atoms with Crippen LogP contribution in [0.15, 0.2) is 0 Å². The molecule has 82 valence electrons. The van der Waals surface area contributed by atoms with Gasteiger partial charge >= 0.3 is 12.3 Å². The van der Waals surface area contributed by atoms with Crippen molar-refractivity contribution in [1.82, 2.24) is 4.90 Å². The molecular formula is C8H12F3NO2. The molecule has 0 aromatic rings. The first kappa shape index (κ1) is 11.1. The Labute approximate surface area is 79.5 Å². The number of nitrogens with zero attached hydrogens (tertiary/aromatic N) is 1. The Hall–Kier alpha value is -0.940. The van der Waals surface area contributed by atoms with Crippen molar-refractivity contribution >= 4 is 6.09 Å². The monoisotopic (exact) mass is 211 g/mol. The van der Waals surface area contributed by atoms with E-state index >= 15 is 0 Å². The van der Waals surface area contributed by atoms with Crippen molar-refractivity contribution in [1.29, 1.82) is 0 Å². The van der Waals surface area contributed by atoms with E-state index in [2.05, 4.69) is 0 Å². The summed E-state index contributed by atoms with van der Waals surface area (Å²) < 4.78 is 37.3. The molecule has 0 bridgehead atoms. The highest BCUT2D eigenvalue weighted by atomic mass is 19.4. The van der Waals surface area contributed by atoms with Crippen LogP contribution in [0.1, 0.15) is 19.8 Å². The van der Waals surface area contributed by atoms with Crippen molar-refractivity contribution in [2.24, 2.45) is 5.41 Å². The van der Waals surface area contributed by atoms with E-state index in [9.17, 15) is 18.0 Å². The minimum atomic E-state index is -4.28. The summed E-state index contributed by atoms with van der Waals surface area (Å²) in [6, 6.07) is 0. The van der Waals surface area contributed by atoms with Crippen molar-refractivity contribution in [3.63, 3.8) is 0 Å². The zero-order valence-corrected chi connectivity index (χ0v) is 7.76. The van der Waals surface area contributed by atoms with E-state index in [1.807, 2.05) is 0 Å². The summed E-state index contributed by atoms with van der Waals surface area (Å²) in [6.45, 7) is 1.19. The fraction of sp³-hybridized carbons (Fsp3) is 0.875. The predicted molar refractivity (Wildman–Crippen MR) is 43.0 cm³/mol. The van der Waals surface area contributed by atoms with Gasteiger partial charge in [-0.1, -0.05) is 0 Å². The van der Waals surface area contributed by atoms with Crippen molar-refractivity contribution in [3.05, 3.63) is 0 Å². The maximum absolute atomic E-state index is 12.4. The third-order valence-corrected chi connectivity index (χ3v) is 2.60. The lowest BCUT2D eigenvalue weighted by Crippen LogP contribution is -2.40. The number of alkyl halides is 3. The zero-order chi connectivity index (χ0) is 11.0. The van der Waals surface area contributed by atoms with Crippen LogP contribution in [0.5, 0.6) is 0 Å². The normalized spacial score (nSPS) is 19.1. The smallest absolute Gasteiger partial charge is 0.407 e. The molecule has 0 aliphatic heterocycles. The van der Waals surface area contributed by atoms with Gasteiger partial charge in [0.05, 0.1) is 5.41 Å². The molecule has 0 aromatic heterocycles. The molecule has 1 aliphatic carbocycles. The minimum Gasteiger partial charge on any atom is -0.465 e. The lowest BCUT2D eigenvalue weighted by Gasteiger charge is -2.25. The van der Waals surface area contributed by atoms with Gasteiger partial charge in [-0.05, 0) is 19.8 Å². The third kappa shape index (κ3) is 1.93. The molecule has 1 N–H and O–H groups in total. The van der Waals surface area contributed by atoms with Crippen LogP contribution in [-0.2, 0) is 0 Å². The van der Waals surface area contributed by atoms with Crippen LogP contribution in [0.4, 0.5) is 18.0 Å². The second-order valence-corrected chi connectivity index (χ2v) is 3.57. The molecule has 6 heteroatoms. The first-order valence-corrected chi connectivity index (χ1v) is 4.37. The molecule has 0 radical (unpaired) electrons. The van der Waals surface area contributed by atoms with E-state index in [0.717, 1.165) is 4.90 Å². The van der Waals surface area contributed by atoms with Gasteiger partial charge in [0, 0.05) is 13.1 Å². The van der Waals surface area contributed by atoms with E-state index in [4.69, 9.17) is 5.11 Å². The number of halogens is 3. The van der Waals surface area contributed by atoms with Gasteiger partial charge in [-0.15, -0.1) is 0 Å². The zero-order valence-electron chi connectivity index (χ0n) is 7.76. The third-order valence-electron chi connectivity index (χ3n) is 2.60. The van der Waals surface area contributed by atoms with E-state index in [0.29, 0.717) is 0 Å². The second-order valence-electron chi connectivity index (χ2n) is 3.57. The van der Waals surface area contributed by atoms with E-state index in [1.165, 1.54) is 6.92 Å². The van der Waals surface area contributed by atoms with Gasteiger partial charge < -0.3 is 10.0 Å². The van der Waals surface area contributed by atoms with Crippen molar-refractivity contribution < 1.29 is 23.1 Å². The lowest BCUT2D eigenvalue weighted by molar-refractivity contribution is -0.190. The molecule has 1 fully saturated rings. The largest absolute Gasteiger partial charge is 0.465 e. The van der Waals surface area contributed by atoms with Gasteiger partial charge in [0.15, 0.2) is 0 Å². The average molecular weight is 211 g/mol.